The van der Waals surface area contributed by atoms with E-state index in [-0.39, 0.29) is 17.5 Å². The average Bonchev–Trinajstić information content (AvgIpc) is 2.78. The second-order valence-electron chi connectivity index (χ2n) is 8.52. The van der Waals surface area contributed by atoms with Gasteiger partial charge in [-0.15, -0.1) is 0 Å². The Labute approximate surface area is 202 Å². The van der Waals surface area contributed by atoms with Crippen LogP contribution in [0.25, 0.3) is 0 Å². The molecule has 1 amide bonds. The Morgan fingerprint density at radius 2 is 1.67 bits per heavy atom. The van der Waals surface area contributed by atoms with Gasteiger partial charge < -0.3 is 10.1 Å². The second-order valence-corrected chi connectivity index (χ2v) is 11.3. The number of para-hydroxylation sites is 1. The normalized spacial score (nSPS) is 16.9. The van der Waals surface area contributed by atoms with E-state index in [1.165, 1.54) is 12.1 Å². The van der Waals surface area contributed by atoms with Crippen LogP contribution in [-0.2, 0) is 14.8 Å². The maximum atomic E-state index is 13.5. The summed E-state index contributed by atoms with van der Waals surface area (Å²) in [5.74, 6) is 0.329. The van der Waals surface area contributed by atoms with Gasteiger partial charge in [0, 0.05) is 16.5 Å². The molecule has 0 bridgehead atoms. The molecule has 0 aromatic heterocycles. The predicted molar refractivity (Wildman–Crippen MR) is 132 cm³/mol. The minimum atomic E-state index is -3.95. The Morgan fingerprint density at radius 3 is 2.36 bits per heavy atom. The van der Waals surface area contributed by atoms with Gasteiger partial charge in [0.1, 0.15) is 17.9 Å². The zero-order chi connectivity index (χ0) is 23.6. The Hall–Kier alpha value is -2.84. The zero-order valence-corrected chi connectivity index (χ0v) is 20.8. The number of carbonyl (C=O) groups excluding carboxylic acids is 1. The maximum absolute atomic E-state index is 13.5. The Balaban J connectivity index is 1.63. The molecule has 0 spiro atoms. The molecular formula is C25H25BrN2O4S. The lowest BCUT2D eigenvalue weighted by molar-refractivity contribution is -0.120. The van der Waals surface area contributed by atoms with Crippen molar-refractivity contribution in [1.29, 1.82) is 0 Å². The summed E-state index contributed by atoms with van der Waals surface area (Å²) in [4.78, 5) is 13.3. The second kappa shape index (κ2) is 9.19. The summed E-state index contributed by atoms with van der Waals surface area (Å²) in [6, 6.07) is 22.3. The molecule has 172 valence electrons. The van der Waals surface area contributed by atoms with Gasteiger partial charge in [-0.1, -0.05) is 52.3 Å². The lowest BCUT2D eigenvalue weighted by atomic mass is 9.89. The van der Waals surface area contributed by atoms with Crippen molar-refractivity contribution in [2.75, 3.05) is 10.8 Å². The molecule has 6 nitrogen and oxygen atoms in total. The number of fused-ring (bicyclic) bond motifs is 1. The minimum absolute atomic E-state index is 0.123. The summed E-state index contributed by atoms with van der Waals surface area (Å²) in [5.41, 5.74) is 0.824. The van der Waals surface area contributed by atoms with Crippen LogP contribution < -0.4 is 14.4 Å². The van der Waals surface area contributed by atoms with Crippen LogP contribution in [0.1, 0.15) is 31.9 Å². The summed E-state index contributed by atoms with van der Waals surface area (Å²) in [6.07, 6.45) is 0.569. The molecule has 1 heterocycles. The zero-order valence-electron chi connectivity index (χ0n) is 18.4. The van der Waals surface area contributed by atoms with E-state index >= 15 is 0 Å². The van der Waals surface area contributed by atoms with Crippen LogP contribution in [0, 0.1) is 0 Å². The van der Waals surface area contributed by atoms with Crippen molar-refractivity contribution in [3.05, 3.63) is 88.9 Å². The van der Waals surface area contributed by atoms with Crippen molar-refractivity contribution < 1.29 is 17.9 Å². The van der Waals surface area contributed by atoms with Crippen molar-refractivity contribution in [3.8, 4) is 5.75 Å². The number of ether oxygens (including phenoxy) is 1. The molecule has 1 aliphatic rings. The highest BCUT2D eigenvalue weighted by Crippen LogP contribution is 2.39. The smallest absolute Gasteiger partial charge is 0.264 e. The standard InChI is InChI=1S/C25H25BrN2O4S/c1-25(2)16-22(21-10-6-7-11-23(21)32-25)27-24(29)17-28(19-14-12-18(26)13-15-19)33(30,31)20-8-4-3-5-9-20/h3-15,22H,16-17H2,1-2H3,(H,27,29). The highest BCUT2D eigenvalue weighted by molar-refractivity contribution is 9.10. The van der Waals surface area contributed by atoms with Crippen molar-refractivity contribution in [1.82, 2.24) is 5.32 Å². The number of hydrogen-bond donors (Lipinski definition) is 1. The molecule has 1 unspecified atom stereocenters. The summed E-state index contributed by atoms with van der Waals surface area (Å²) in [6.45, 7) is 3.59. The third-order valence-electron chi connectivity index (χ3n) is 5.44. The molecule has 0 radical (unpaired) electrons. The molecule has 1 N–H and O–H groups in total. The van der Waals surface area contributed by atoms with E-state index in [4.69, 9.17) is 4.74 Å². The van der Waals surface area contributed by atoms with E-state index in [9.17, 15) is 13.2 Å². The van der Waals surface area contributed by atoms with Gasteiger partial charge in [0.15, 0.2) is 0 Å². The fraction of sp³-hybridized carbons (Fsp3) is 0.240. The summed E-state index contributed by atoms with van der Waals surface area (Å²) in [7, 11) is -3.95. The Morgan fingerprint density at radius 1 is 1.03 bits per heavy atom. The number of benzene rings is 3. The van der Waals surface area contributed by atoms with E-state index in [0.717, 1.165) is 20.1 Å². The van der Waals surface area contributed by atoms with Gasteiger partial charge in [-0.2, -0.15) is 0 Å². The first kappa shape index (κ1) is 23.3. The molecular weight excluding hydrogens is 504 g/mol. The first-order valence-electron chi connectivity index (χ1n) is 10.6. The van der Waals surface area contributed by atoms with Crippen molar-refractivity contribution in [3.63, 3.8) is 0 Å². The number of carbonyl (C=O) groups is 1. The average molecular weight is 529 g/mol. The van der Waals surface area contributed by atoms with E-state index < -0.39 is 21.5 Å². The molecule has 0 fully saturated rings. The van der Waals surface area contributed by atoms with Crippen molar-refractivity contribution in [2.24, 2.45) is 0 Å². The number of anilines is 1. The van der Waals surface area contributed by atoms with Crippen LogP contribution in [0.5, 0.6) is 5.75 Å². The molecule has 1 aliphatic heterocycles. The van der Waals surface area contributed by atoms with Crippen LogP contribution in [-0.4, -0.2) is 26.5 Å². The monoisotopic (exact) mass is 528 g/mol. The molecule has 0 saturated carbocycles. The topological polar surface area (TPSA) is 75.7 Å². The number of nitrogens with one attached hydrogen (secondary N) is 1. The lowest BCUT2D eigenvalue weighted by Crippen LogP contribution is -2.45. The van der Waals surface area contributed by atoms with E-state index in [1.807, 2.05) is 38.1 Å². The number of halogens is 1. The summed E-state index contributed by atoms with van der Waals surface area (Å²) >= 11 is 3.37. The SMILES string of the molecule is CC1(C)CC(NC(=O)CN(c2ccc(Br)cc2)S(=O)(=O)c2ccccc2)c2ccccc2O1. The number of hydrogen-bond acceptors (Lipinski definition) is 4. The molecule has 3 aromatic rings. The van der Waals surface area contributed by atoms with Gasteiger partial charge in [0.2, 0.25) is 5.91 Å². The number of sulfonamides is 1. The third-order valence-corrected chi connectivity index (χ3v) is 7.76. The van der Waals surface area contributed by atoms with Gasteiger partial charge in [0.25, 0.3) is 10.0 Å². The van der Waals surface area contributed by atoms with E-state index in [2.05, 4.69) is 21.2 Å². The van der Waals surface area contributed by atoms with Gasteiger partial charge in [0.05, 0.1) is 16.6 Å². The van der Waals surface area contributed by atoms with Crippen LogP contribution in [0.3, 0.4) is 0 Å². The van der Waals surface area contributed by atoms with Crippen LogP contribution in [0.2, 0.25) is 0 Å². The fourth-order valence-corrected chi connectivity index (χ4v) is 5.65. The molecule has 8 heteroatoms. The first-order valence-corrected chi connectivity index (χ1v) is 12.8. The van der Waals surface area contributed by atoms with Gasteiger partial charge >= 0.3 is 0 Å². The lowest BCUT2D eigenvalue weighted by Gasteiger charge is -2.38. The molecule has 4 rings (SSSR count). The molecule has 1 atom stereocenters. The quantitative estimate of drug-likeness (QED) is 0.484. The van der Waals surface area contributed by atoms with Gasteiger partial charge in [-0.05, 0) is 56.3 Å². The largest absolute Gasteiger partial charge is 0.487 e. The third kappa shape index (κ3) is 5.23. The predicted octanol–water partition coefficient (Wildman–Crippen LogP) is 5.06. The first-order chi connectivity index (χ1) is 15.7. The van der Waals surface area contributed by atoms with Gasteiger partial charge in [-0.25, -0.2) is 8.42 Å². The maximum Gasteiger partial charge on any atom is 0.264 e. The fourth-order valence-electron chi connectivity index (χ4n) is 3.94. The van der Waals surface area contributed by atoms with Crippen molar-refractivity contribution in [2.45, 2.75) is 36.8 Å². The minimum Gasteiger partial charge on any atom is -0.487 e. The van der Waals surface area contributed by atoms with E-state index in [0.29, 0.717) is 12.1 Å². The highest BCUT2D eigenvalue weighted by atomic mass is 79.9. The number of amides is 1. The number of nitrogens with zero attached hydrogens (tertiary/aromatic N) is 1. The van der Waals surface area contributed by atoms with Crippen molar-refractivity contribution >= 4 is 37.5 Å². The Kier molecular flexibility index (Phi) is 6.50. The van der Waals surface area contributed by atoms with Gasteiger partial charge in [-0.3, -0.25) is 9.10 Å². The highest BCUT2D eigenvalue weighted by Gasteiger charge is 2.35. The Bertz CT molecular complexity index is 1240. The van der Waals surface area contributed by atoms with Crippen LogP contribution in [0.15, 0.2) is 88.2 Å². The summed E-state index contributed by atoms with van der Waals surface area (Å²) < 4.78 is 34.9. The molecule has 0 aliphatic carbocycles. The van der Waals surface area contributed by atoms with E-state index in [1.54, 1.807) is 42.5 Å². The number of rotatable bonds is 6. The molecule has 3 aromatic carbocycles. The van der Waals surface area contributed by atoms with Crippen LogP contribution >= 0.6 is 15.9 Å². The summed E-state index contributed by atoms with van der Waals surface area (Å²) in [5, 5.41) is 3.03. The molecule has 0 saturated heterocycles. The van der Waals surface area contributed by atoms with Crippen LogP contribution in [0.4, 0.5) is 5.69 Å². The molecule has 33 heavy (non-hydrogen) atoms.